The number of rotatable bonds is 4. The first kappa shape index (κ1) is 9.14. The molecule has 0 aliphatic rings. The van der Waals surface area contributed by atoms with Crippen molar-refractivity contribution in [2.45, 2.75) is 0 Å². The van der Waals surface area contributed by atoms with Crippen LogP contribution in [0.3, 0.4) is 0 Å². The van der Waals surface area contributed by atoms with Crippen molar-refractivity contribution in [3.63, 3.8) is 0 Å². The van der Waals surface area contributed by atoms with Gasteiger partial charge in [0.25, 0.3) is 9.76 Å². The Morgan fingerprint density at radius 2 is 2.60 bits per heavy atom. The van der Waals surface area contributed by atoms with E-state index in [-0.39, 0.29) is 16.0 Å². The Balaban J connectivity index is 3.15. The second kappa shape index (κ2) is 6.26. The first-order valence-corrected chi connectivity index (χ1v) is 3.55. The highest BCUT2D eigenvalue weighted by Gasteiger charge is 2.06. The molecule has 0 spiro atoms. The van der Waals surface area contributed by atoms with Gasteiger partial charge in [0.2, 0.25) is 0 Å². The SMILES string of the molecule is [C-]#[N+][CH]C(=O)OC[Si]OC. The number of carbonyl (C=O) groups is 1. The summed E-state index contributed by atoms with van der Waals surface area (Å²) >= 11 is 0. The molecule has 0 amide bonds. The summed E-state index contributed by atoms with van der Waals surface area (Å²) in [5.41, 5.74) is 0. The smallest absolute Gasteiger partial charge is 0.402 e. The van der Waals surface area contributed by atoms with Gasteiger partial charge in [-0.2, -0.15) is 0 Å². The molecule has 0 saturated carbocycles. The second-order valence-electron chi connectivity index (χ2n) is 1.21. The van der Waals surface area contributed by atoms with E-state index in [2.05, 4.69) is 14.0 Å². The van der Waals surface area contributed by atoms with E-state index < -0.39 is 5.97 Å². The van der Waals surface area contributed by atoms with Gasteiger partial charge < -0.3 is 9.16 Å². The minimum Gasteiger partial charge on any atom is -0.461 e. The molecule has 10 heavy (non-hydrogen) atoms. The minimum absolute atomic E-state index is 0.146. The van der Waals surface area contributed by atoms with Gasteiger partial charge >= 0.3 is 12.5 Å². The van der Waals surface area contributed by atoms with E-state index in [0.717, 1.165) is 6.54 Å². The van der Waals surface area contributed by atoms with Crippen LogP contribution in [0.4, 0.5) is 0 Å². The normalized spacial score (nSPS) is 8.40. The average Bonchev–Trinajstić information content (AvgIpc) is 1.89. The summed E-state index contributed by atoms with van der Waals surface area (Å²) in [4.78, 5) is 13.1. The summed E-state index contributed by atoms with van der Waals surface area (Å²) in [6, 6.07) is 0. The summed E-state index contributed by atoms with van der Waals surface area (Å²) in [5, 5.41) is 0. The molecular formula is C5H6NO3Si. The number of ether oxygens (including phenoxy) is 1. The molecule has 0 bridgehead atoms. The topological polar surface area (TPSA) is 39.9 Å². The van der Waals surface area contributed by atoms with Gasteiger partial charge in [-0.3, -0.25) is 4.85 Å². The van der Waals surface area contributed by atoms with E-state index in [1.54, 1.807) is 0 Å². The predicted molar refractivity (Wildman–Crippen MR) is 34.6 cm³/mol. The van der Waals surface area contributed by atoms with Crippen LogP contribution in [0.1, 0.15) is 0 Å². The van der Waals surface area contributed by atoms with Crippen molar-refractivity contribution in [1.29, 1.82) is 0 Å². The first-order chi connectivity index (χ1) is 4.81. The molecule has 0 saturated heterocycles. The molecule has 0 aromatic carbocycles. The molecule has 0 heterocycles. The van der Waals surface area contributed by atoms with Gasteiger partial charge in [-0.25, -0.2) is 11.4 Å². The Kier molecular flexibility index (Phi) is 5.72. The molecule has 0 rings (SSSR count). The van der Waals surface area contributed by atoms with Crippen LogP contribution in [0, 0.1) is 13.1 Å². The third-order valence-corrected chi connectivity index (χ3v) is 1.14. The lowest BCUT2D eigenvalue weighted by Crippen LogP contribution is -2.11. The third kappa shape index (κ3) is 5.28. The number of esters is 1. The Bertz CT molecular complexity index is 142. The highest BCUT2D eigenvalue weighted by molar-refractivity contribution is 6.27. The van der Waals surface area contributed by atoms with Gasteiger partial charge in [0.15, 0.2) is 0 Å². The summed E-state index contributed by atoms with van der Waals surface area (Å²) in [6.45, 7) is 7.04. The third-order valence-electron chi connectivity index (χ3n) is 0.588. The number of carbonyl (C=O) groups excluding carboxylic acids is 1. The van der Waals surface area contributed by atoms with Crippen molar-refractivity contribution < 1.29 is 14.0 Å². The van der Waals surface area contributed by atoms with E-state index >= 15 is 0 Å². The van der Waals surface area contributed by atoms with E-state index in [1.807, 2.05) is 0 Å². The summed E-state index contributed by atoms with van der Waals surface area (Å²) in [7, 11) is 1.66. The molecule has 3 radical (unpaired) electrons. The maximum Gasteiger partial charge on any atom is 0.402 e. The van der Waals surface area contributed by atoms with Gasteiger partial charge in [-0.05, 0) is 0 Å². The van der Waals surface area contributed by atoms with E-state index in [9.17, 15) is 4.79 Å². The zero-order valence-electron chi connectivity index (χ0n) is 5.46. The summed E-state index contributed by atoms with van der Waals surface area (Å²) in [6.07, 6.45) is 0.224. The number of hydrogen-bond acceptors (Lipinski definition) is 3. The zero-order chi connectivity index (χ0) is 7.82. The lowest BCUT2D eigenvalue weighted by atomic mass is 10.7. The fourth-order valence-electron chi connectivity index (χ4n) is 0.249. The van der Waals surface area contributed by atoms with Crippen molar-refractivity contribution in [3.8, 4) is 0 Å². The van der Waals surface area contributed by atoms with Crippen molar-refractivity contribution in [2.75, 3.05) is 13.3 Å². The molecule has 0 unspecified atom stereocenters. The Labute approximate surface area is 61.9 Å². The van der Waals surface area contributed by atoms with Crippen molar-refractivity contribution >= 4 is 15.7 Å². The molecule has 0 aliphatic carbocycles. The highest BCUT2D eigenvalue weighted by atomic mass is 28.2. The number of hydrogen-bond donors (Lipinski definition) is 0. The van der Waals surface area contributed by atoms with Gasteiger partial charge in [0.05, 0.1) is 0 Å². The van der Waals surface area contributed by atoms with Gasteiger partial charge in [0.1, 0.15) is 6.23 Å². The highest BCUT2D eigenvalue weighted by Crippen LogP contribution is 1.83. The second-order valence-corrected chi connectivity index (χ2v) is 2.20. The first-order valence-electron chi connectivity index (χ1n) is 2.43. The standard InChI is InChI=1S/C5H6NO3Si/c1-6-3-5(7)9-4-10-8-2/h3H,4H2,2H3. The summed E-state index contributed by atoms with van der Waals surface area (Å²) < 4.78 is 9.13. The van der Waals surface area contributed by atoms with Crippen LogP contribution < -0.4 is 0 Å². The van der Waals surface area contributed by atoms with E-state index in [1.165, 1.54) is 7.11 Å². The lowest BCUT2D eigenvalue weighted by Gasteiger charge is -1.95. The van der Waals surface area contributed by atoms with E-state index in [4.69, 9.17) is 6.57 Å². The van der Waals surface area contributed by atoms with Crippen LogP contribution in [0.15, 0.2) is 0 Å². The van der Waals surface area contributed by atoms with Crippen LogP contribution in [0.2, 0.25) is 0 Å². The van der Waals surface area contributed by atoms with Crippen LogP contribution >= 0.6 is 0 Å². The Hall–Kier alpha value is -0.863. The quantitative estimate of drug-likeness (QED) is 0.245. The maximum atomic E-state index is 10.4. The molecule has 0 N–H and O–H groups in total. The summed E-state index contributed by atoms with van der Waals surface area (Å²) in [5.74, 6) is -0.612. The lowest BCUT2D eigenvalue weighted by molar-refractivity contribution is -0.137. The van der Waals surface area contributed by atoms with Crippen LogP contribution in [0.5, 0.6) is 0 Å². The van der Waals surface area contributed by atoms with Crippen molar-refractivity contribution in [3.05, 3.63) is 18.0 Å². The average molecular weight is 156 g/mol. The van der Waals surface area contributed by atoms with Crippen LogP contribution in [-0.4, -0.2) is 29.1 Å². The number of nitrogens with zero attached hydrogens (tertiary/aromatic N) is 1. The van der Waals surface area contributed by atoms with Crippen LogP contribution in [-0.2, 0) is 14.0 Å². The maximum absolute atomic E-state index is 10.4. The molecule has 0 aromatic rings. The minimum atomic E-state index is -0.612. The predicted octanol–water partition coefficient (Wildman–Crippen LogP) is -0.166. The fourth-order valence-corrected chi connectivity index (χ4v) is 0.569. The monoisotopic (exact) mass is 156 g/mol. The molecule has 0 fully saturated rings. The molecule has 0 aromatic heterocycles. The molecule has 5 heteroatoms. The molecule has 0 aliphatic heterocycles. The fraction of sp³-hybridized carbons (Fsp3) is 0.400. The van der Waals surface area contributed by atoms with Gasteiger partial charge in [0, 0.05) is 7.11 Å². The van der Waals surface area contributed by atoms with Crippen LogP contribution in [0.25, 0.3) is 4.85 Å². The van der Waals surface area contributed by atoms with Gasteiger partial charge in [-0.15, -0.1) is 0 Å². The zero-order valence-corrected chi connectivity index (χ0v) is 6.46. The Morgan fingerprint density at radius 1 is 1.90 bits per heavy atom. The van der Waals surface area contributed by atoms with E-state index in [0.29, 0.717) is 0 Å². The molecule has 4 nitrogen and oxygen atoms in total. The molecule has 53 valence electrons. The van der Waals surface area contributed by atoms with Crippen molar-refractivity contribution in [1.82, 2.24) is 0 Å². The largest absolute Gasteiger partial charge is 0.461 e. The molecular weight excluding hydrogens is 150 g/mol. The Morgan fingerprint density at radius 3 is 3.10 bits per heavy atom. The molecule has 0 atom stereocenters. The van der Waals surface area contributed by atoms with Gasteiger partial charge in [-0.1, -0.05) is 0 Å². The van der Waals surface area contributed by atoms with Crippen molar-refractivity contribution in [2.24, 2.45) is 0 Å².